The molecule has 0 heterocycles. The second-order valence-corrected chi connectivity index (χ2v) is 6.47. The zero-order chi connectivity index (χ0) is 13.9. The third-order valence-corrected chi connectivity index (χ3v) is 5.39. The third kappa shape index (κ3) is 2.95. The first-order chi connectivity index (χ1) is 9.06. The van der Waals surface area contributed by atoms with E-state index in [1.807, 2.05) is 0 Å². The summed E-state index contributed by atoms with van der Waals surface area (Å²) in [4.78, 5) is 12.3. The van der Waals surface area contributed by atoms with E-state index >= 15 is 0 Å². The van der Waals surface area contributed by atoms with Gasteiger partial charge in [0.05, 0.1) is 17.6 Å². The second-order valence-electron chi connectivity index (χ2n) is 6.47. The Kier molecular flexibility index (Phi) is 4.51. The lowest BCUT2D eigenvalue weighted by atomic mass is 9.72. The molecule has 2 fully saturated rings. The van der Waals surface area contributed by atoms with Gasteiger partial charge in [-0.05, 0) is 38.0 Å². The van der Waals surface area contributed by atoms with Crippen molar-refractivity contribution in [2.24, 2.45) is 11.7 Å². The number of methoxy groups -OCH3 is 1. The molecule has 2 aliphatic rings. The molecule has 0 bridgehead atoms. The molecule has 2 unspecified atom stereocenters. The molecule has 2 saturated carbocycles. The first kappa shape index (κ1) is 14.8. The molecule has 0 aromatic rings. The van der Waals surface area contributed by atoms with Crippen molar-refractivity contribution >= 4 is 5.91 Å². The molecular weight excluding hydrogens is 240 g/mol. The van der Waals surface area contributed by atoms with Gasteiger partial charge in [0.1, 0.15) is 0 Å². The molecule has 0 saturated heterocycles. The molecular formula is C15H28N2O2. The summed E-state index contributed by atoms with van der Waals surface area (Å²) in [5.74, 6) is 0.579. The van der Waals surface area contributed by atoms with Crippen molar-refractivity contribution in [2.45, 2.75) is 69.4 Å². The minimum Gasteiger partial charge on any atom is -0.378 e. The number of amides is 1. The zero-order valence-electron chi connectivity index (χ0n) is 12.3. The normalized spacial score (nSPS) is 33.5. The van der Waals surface area contributed by atoms with E-state index in [1.54, 1.807) is 7.11 Å². The van der Waals surface area contributed by atoms with Crippen LogP contribution in [0.3, 0.4) is 0 Å². The summed E-state index contributed by atoms with van der Waals surface area (Å²) in [5.41, 5.74) is 5.59. The predicted molar refractivity (Wildman–Crippen MR) is 75.8 cm³/mol. The van der Waals surface area contributed by atoms with Crippen molar-refractivity contribution in [3.63, 3.8) is 0 Å². The quantitative estimate of drug-likeness (QED) is 0.801. The maximum Gasteiger partial charge on any atom is 0.223 e. The van der Waals surface area contributed by atoms with Crippen LogP contribution in [0.4, 0.5) is 0 Å². The largest absolute Gasteiger partial charge is 0.378 e. The van der Waals surface area contributed by atoms with E-state index in [0.29, 0.717) is 18.9 Å². The van der Waals surface area contributed by atoms with E-state index in [0.717, 1.165) is 32.1 Å². The number of hydrogen-bond acceptors (Lipinski definition) is 3. The second kappa shape index (κ2) is 5.80. The fourth-order valence-corrected chi connectivity index (χ4v) is 3.59. The molecule has 0 aliphatic heterocycles. The first-order valence-electron chi connectivity index (χ1n) is 7.62. The van der Waals surface area contributed by atoms with Crippen LogP contribution in [0.15, 0.2) is 0 Å². The Morgan fingerprint density at radius 1 is 1.32 bits per heavy atom. The molecule has 3 N–H and O–H groups in total. The van der Waals surface area contributed by atoms with E-state index in [1.165, 1.54) is 12.8 Å². The molecule has 110 valence electrons. The van der Waals surface area contributed by atoms with Gasteiger partial charge in [0.25, 0.3) is 0 Å². The third-order valence-electron chi connectivity index (χ3n) is 5.39. The highest BCUT2D eigenvalue weighted by atomic mass is 16.5. The van der Waals surface area contributed by atoms with Gasteiger partial charge in [0.2, 0.25) is 5.91 Å². The van der Waals surface area contributed by atoms with Crippen molar-refractivity contribution in [2.75, 3.05) is 13.7 Å². The molecule has 2 aliphatic carbocycles. The van der Waals surface area contributed by atoms with Gasteiger partial charge in [-0.25, -0.2) is 0 Å². The summed E-state index contributed by atoms with van der Waals surface area (Å²) in [6.45, 7) is 2.75. The topological polar surface area (TPSA) is 64.3 Å². The highest BCUT2D eigenvalue weighted by Crippen LogP contribution is 2.39. The Hall–Kier alpha value is -0.610. The minimum atomic E-state index is -0.197. The highest BCUT2D eigenvalue weighted by molar-refractivity contribution is 5.78. The Balaban J connectivity index is 1.96. The fraction of sp³-hybridized carbons (Fsp3) is 0.933. The molecule has 4 heteroatoms. The van der Waals surface area contributed by atoms with E-state index in [-0.39, 0.29) is 17.0 Å². The van der Waals surface area contributed by atoms with Crippen molar-refractivity contribution in [3.05, 3.63) is 0 Å². The first-order valence-corrected chi connectivity index (χ1v) is 7.62. The van der Waals surface area contributed by atoms with Crippen molar-refractivity contribution in [1.29, 1.82) is 0 Å². The summed E-state index contributed by atoms with van der Waals surface area (Å²) in [5, 5.41) is 3.25. The van der Waals surface area contributed by atoms with E-state index in [4.69, 9.17) is 10.5 Å². The maximum absolute atomic E-state index is 12.3. The summed E-state index contributed by atoms with van der Waals surface area (Å²) in [6.07, 6.45) is 8.24. The van der Waals surface area contributed by atoms with Gasteiger partial charge in [-0.2, -0.15) is 0 Å². The van der Waals surface area contributed by atoms with Gasteiger partial charge in [0.15, 0.2) is 0 Å². The summed E-state index contributed by atoms with van der Waals surface area (Å²) < 4.78 is 5.53. The van der Waals surface area contributed by atoms with Gasteiger partial charge in [-0.1, -0.05) is 19.8 Å². The van der Waals surface area contributed by atoms with Gasteiger partial charge >= 0.3 is 0 Å². The number of hydrogen-bond donors (Lipinski definition) is 2. The van der Waals surface area contributed by atoms with Crippen molar-refractivity contribution < 1.29 is 9.53 Å². The zero-order valence-corrected chi connectivity index (χ0v) is 12.3. The number of rotatable bonds is 5. The Labute approximate surface area is 116 Å². The number of nitrogens with two attached hydrogens (primary N) is 1. The average molecular weight is 268 g/mol. The number of nitrogens with one attached hydrogen (secondary N) is 1. The van der Waals surface area contributed by atoms with Gasteiger partial charge < -0.3 is 15.8 Å². The highest BCUT2D eigenvalue weighted by Gasteiger charge is 2.42. The lowest BCUT2D eigenvalue weighted by Crippen LogP contribution is -2.60. The predicted octanol–water partition coefficient (Wildman–Crippen LogP) is 1.97. The van der Waals surface area contributed by atoms with Crippen LogP contribution in [0.2, 0.25) is 0 Å². The fourth-order valence-electron chi connectivity index (χ4n) is 3.59. The van der Waals surface area contributed by atoms with Crippen LogP contribution in [0.5, 0.6) is 0 Å². The number of ether oxygens (including phenoxy) is 1. The van der Waals surface area contributed by atoms with Crippen molar-refractivity contribution in [3.8, 4) is 0 Å². The lowest BCUT2D eigenvalue weighted by Gasteiger charge is -2.45. The molecule has 19 heavy (non-hydrogen) atoms. The molecule has 2 rings (SSSR count). The van der Waals surface area contributed by atoms with Crippen LogP contribution in [0, 0.1) is 5.92 Å². The van der Waals surface area contributed by atoms with Crippen LogP contribution < -0.4 is 11.1 Å². The van der Waals surface area contributed by atoms with Gasteiger partial charge in [0, 0.05) is 13.7 Å². The van der Waals surface area contributed by atoms with E-state index in [2.05, 4.69) is 12.2 Å². The maximum atomic E-state index is 12.3. The van der Waals surface area contributed by atoms with Crippen molar-refractivity contribution in [1.82, 2.24) is 5.32 Å². The number of carbonyl (C=O) groups is 1. The van der Waals surface area contributed by atoms with Crippen LogP contribution in [-0.2, 0) is 9.53 Å². The average Bonchev–Trinajstić information content (AvgIpc) is 2.37. The molecule has 0 radical (unpaired) electrons. The van der Waals surface area contributed by atoms with E-state index in [9.17, 15) is 4.79 Å². The monoisotopic (exact) mass is 268 g/mol. The molecule has 2 atom stereocenters. The SMILES string of the molecule is COC1(CC(=O)NC2(CN)CCCCC2C)CCC1. The van der Waals surface area contributed by atoms with Gasteiger partial charge in [-0.3, -0.25) is 4.79 Å². The molecule has 0 spiro atoms. The smallest absolute Gasteiger partial charge is 0.223 e. The summed E-state index contributed by atoms with van der Waals surface area (Å²) >= 11 is 0. The van der Waals surface area contributed by atoms with E-state index < -0.39 is 0 Å². The molecule has 1 amide bonds. The Morgan fingerprint density at radius 2 is 2.05 bits per heavy atom. The summed E-state index contributed by atoms with van der Waals surface area (Å²) in [6, 6.07) is 0. The molecule has 4 nitrogen and oxygen atoms in total. The number of carbonyl (C=O) groups excluding carboxylic acids is 1. The van der Waals surface area contributed by atoms with Crippen LogP contribution >= 0.6 is 0 Å². The summed E-state index contributed by atoms with van der Waals surface area (Å²) in [7, 11) is 1.72. The Morgan fingerprint density at radius 3 is 2.53 bits per heavy atom. The van der Waals surface area contributed by atoms with Gasteiger partial charge in [-0.15, -0.1) is 0 Å². The standard InChI is InChI=1S/C15H28N2O2/c1-12-6-3-4-9-15(12,11-16)17-13(18)10-14(19-2)7-5-8-14/h12H,3-11,16H2,1-2H3,(H,17,18). The van der Waals surface area contributed by atoms with Crippen LogP contribution in [0.25, 0.3) is 0 Å². The van der Waals surface area contributed by atoms with Crippen LogP contribution in [-0.4, -0.2) is 30.7 Å². The Bertz CT molecular complexity index is 323. The lowest BCUT2D eigenvalue weighted by molar-refractivity contribution is -0.137. The minimum absolute atomic E-state index is 0.112. The molecule has 0 aromatic heterocycles. The van der Waals surface area contributed by atoms with Crippen LogP contribution in [0.1, 0.15) is 58.3 Å². The molecule has 0 aromatic carbocycles.